The fraction of sp³-hybridized carbons (Fsp3) is 0.619. The van der Waals surface area contributed by atoms with E-state index >= 15 is 0 Å². The minimum Gasteiger partial charge on any atom is -0.444 e. The van der Waals surface area contributed by atoms with Crippen molar-refractivity contribution in [3.63, 3.8) is 0 Å². The van der Waals surface area contributed by atoms with E-state index in [2.05, 4.69) is 15.1 Å². The predicted molar refractivity (Wildman–Crippen MR) is 109 cm³/mol. The lowest BCUT2D eigenvalue weighted by Gasteiger charge is -2.32. The molecule has 31 heavy (non-hydrogen) atoms. The van der Waals surface area contributed by atoms with Crippen LogP contribution in [0, 0.1) is 0 Å². The van der Waals surface area contributed by atoms with Crippen LogP contribution in [0.15, 0.2) is 23.0 Å². The summed E-state index contributed by atoms with van der Waals surface area (Å²) in [5.41, 5.74) is 0.682. The number of aromatic nitrogens is 3. The Kier molecular flexibility index (Phi) is 5.57. The molecule has 0 radical (unpaired) electrons. The molecule has 10 heteroatoms. The maximum absolute atomic E-state index is 13.5. The van der Waals surface area contributed by atoms with Crippen LogP contribution >= 0.6 is 0 Å². The van der Waals surface area contributed by atoms with Gasteiger partial charge in [-0.25, -0.2) is 13.6 Å². The Morgan fingerprint density at radius 3 is 2.61 bits per heavy atom. The number of anilines is 1. The Morgan fingerprint density at radius 2 is 1.97 bits per heavy atom. The molecule has 0 bridgehead atoms. The first-order chi connectivity index (χ1) is 14.6. The smallest absolute Gasteiger partial charge is 0.410 e. The molecule has 0 unspecified atom stereocenters. The van der Waals surface area contributed by atoms with E-state index in [1.165, 1.54) is 0 Å². The predicted octanol–water partition coefficient (Wildman–Crippen LogP) is 4.09. The maximum Gasteiger partial charge on any atom is 0.410 e. The number of halogens is 2. The highest BCUT2D eigenvalue weighted by molar-refractivity contribution is 5.68. The van der Waals surface area contributed by atoms with E-state index in [9.17, 15) is 13.6 Å². The van der Waals surface area contributed by atoms with Crippen molar-refractivity contribution in [2.24, 2.45) is 0 Å². The average molecular weight is 435 g/mol. The maximum atomic E-state index is 13.5. The van der Waals surface area contributed by atoms with Crippen LogP contribution in [0.3, 0.4) is 0 Å². The molecule has 2 saturated heterocycles. The summed E-state index contributed by atoms with van der Waals surface area (Å²) in [7, 11) is 0. The van der Waals surface area contributed by atoms with Crippen molar-refractivity contribution in [3.05, 3.63) is 24.3 Å². The molecule has 0 aromatic carbocycles. The van der Waals surface area contributed by atoms with Crippen LogP contribution in [0.4, 0.5) is 19.3 Å². The van der Waals surface area contributed by atoms with Gasteiger partial charge in [-0.1, -0.05) is 5.16 Å². The van der Waals surface area contributed by atoms with Crippen molar-refractivity contribution in [2.75, 3.05) is 31.1 Å². The first kappa shape index (κ1) is 21.5. The molecule has 2 fully saturated rings. The number of hydrogen-bond acceptors (Lipinski definition) is 7. The van der Waals surface area contributed by atoms with Crippen LogP contribution < -0.4 is 4.90 Å². The molecule has 0 N–H and O–H groups in total. The summed E-state index contributed by atoms with van der Waals surface area (Å²) in [6, 6.07) is 1.75. The topological polar surface area (TPSA) is 84.6 Å². The molecule has 0 atom stereocenters. The Morgan fingerprint density at radius 1 is 1.23 bits per heavy atom. The lowest BCUT2D eigenvalue weighted by molar-refractivity contribution is 0.0201. The van der Waals surface area contributed by atoms with Gasteiger partial charge in [-0.15, -0.1) is 0 Å². The average Bonchev–Trinajstić information content (AvgIpc) is 3.34. The van der Waals surface area contributed by atoms with E-state index in [4.69, 9.17) is 9.26 Å². The molecular formula is C21H27F2N5O3. The third-order valence-corrected chi connectivity index (χ3v) is 5.46. The molecule has 1 amide bonds. The van der Waals surface area contributed by atoms with Crippen LogP contribution in [0.1, 0.15) is 51.8 Å². The second-order valence-electron chi connectivity index (χ2n) is 9.16. The molecule has 2 aliphatic heterocycles. The largest absolute Gasteiger partial charge is 0.444 e. The van der Waals surface area contributed by atoms with Crippen LogP contribution in [0.25, 0.3) is 11.5 Å². The molecule has 2 aromatic rings. The molecule has 8 nitrogen and oxygen atoms in total. The number of nitrogens with zero attached hydrogens (tertiary/aromatic N) is 5. The Labute approximate surface area is 179 Å². The summed E-state index contributed by atoms with van der Waals surface area (Å²) in [5.74, 6) is -1.71. The lowest BCUT2D eigenvalue weighted by atomic mass is 9.96. The zero-order valence-corrected chi connectivity index (χ0v) is 18.0. The number of alkyl halides is 2. The second-order valence-corrected chi connectivity index (χ2v) is 9.16. The van der Waals surface area contributed by atoms with Crippen molar-refractivity contribution in [1.82, 2.24) is 20.0 Å². The van der Waals surface area contributed by atoms with E-state index in [0.29, 0.717) is 48.9 Å². The SMILES string of the molecule is CC(C)(C)OC(=O)N1CCC(c2noc(-c3cncc(N4CCC(F)(F)C4)c3)n2)CC1. The molecule has 168 valence electrons. The van der Waals surface area contributed by atoms with E-state index in [-0.39, 0.29) is 31.5 Å². The van der Waals surface area contributed by atoms with Gasteiger partial charge in [0.2, 0.25) is 0 Å². The highest BCUT2D eigenvalue weighted by Gasteiger charge is 2.38. The van der Waals surface area contributed by atoms with Gasteiger partial charge in [0.05, 0.1) is 24.0 Å². The summed E-state index contributed by atoms with van der Waals surface area (Å²) in [4.78, 5) is 24.2. The van der Waals surface area contributed by atoms with Gasteiger partial charge >= 0.3 is 6.09 Å². The molecule has 2 aromatic heterocycles. The van der Waals surface area contributed by atoms with Gasteiger partial charge in [-0.05, 0) is 39.7 Å². The van der Waals surface area contributed by atoms with Crippen molar-refractivity contribution >= 4 is 11.8 Å². The normalized spacial score (nSPS) is 19.6. The number of carbonyl (C=O) groups excluding carboxylic acids is 1. The number of piperidine rings is 1. The van der Waals surface area contributed by atoms with Gasteiger partial charge in [0, 0.05) is 38.2 Å². The molecule has 4 heterocycles. The summed E-state index contributed by atoms with van der Waals surface area (Å²) in [6.07, 6.45) is 4.09. The third kappa shape index (κ3) is 5.11. The minimum atomic E-state index is -2.68. The first-order valence-corrected chi connectivity index (χ1v) is 10.5. The van der Waals surface area contributed by atoms with Gasteiger partial charge in [0.25, 0.3) is 11.8 Å². The summed E-state index contributed by atoms with van der Waals surface area (Å²) >= 11 is 0. The van der Waals surface area contributed by atoms with Gasteiger partial charge in [-0.2, -0.15) is 4.98 Å². The van der Waals surface area contributed by atoms with Crippen LogP contribution in [0.5, 0.6) is 0 Å². The van der Waals surface area contributed by atoms with Crippen molar-refractivity contribution in [2.45, 2.75) is 57.5 Å². The van der Waals surface area contributed by atoms with Crippen molar-refractivity contribution in [3.8, 4) is 11.5 Å². The second kappa shape index (κ2) is 8.05. The summed E-state index contributed by atoms with van der Waals surface area (Å²) < 4.78 is 37.9. The number of ether oxygens (including phenoxy) is 1. The summed E-state index contributed by atoms with van der Waals surface area (Å²) in [6.45, 7) is 6.62. The lowest BCUT2D eigenvalue weighted by Crippen LogP contribution is -2.41. The standard InChI is InChI=1S/C21H27F2N5O3/c1-20(2,3)30-19(29)27-7-4-14(5-8-27)17-25-18(31-26-17)15-10-16(12-24-11-15)28-9-6-21(22,23)13-28/h10-12,14H,4-9,13H2,1-3H3. The molecule has 0 aliphatic carbocycles. The summed E-state index contributed by atoms with van der Waals surface area (Å²) in [5, 5.41) is 4.11. The minimum absolute atomic E-state index is 0.0737. The van der Waals surface area contributed by atoms with Crippen LogP contribution in [-0.4, -0.2) is 63.8 Å². The quantitative estimate of drug-likeness (QED) is 0.718. The molecule has 0 saturated carbocycles. The van der Waals surface area contributed by atoms with E-state index in [1.807, 2.05) is 20.8 Å². The molecule has 2 aliphatic rings. The number of carbonyl (C=O) groups is 1. The molecule has 0 spiro atoms. The third-order valence-electron chi connectivity index (χ3n) is 5.46. The first-order valence-electron chi connectivity index (χ1n) is 10.5. The van der Waals surface area contributed by atoms with Crippen molar-refractivity contribution < 1.29 is 22.8 Å². The Balaban J connectivity index is 1.39. The number of pyridine rings is 1. The van der Waals surface area contributed by atoms with E-state index < -0.39 is 11.5 Å². The van der Waals surface area contributed by atoms with Gasteiger partial charge in [0.1, 0.15) is 5.60 Å². The van der Waals surface area contributed by atoms with E-state index in [0.717, 1.165) is 0 Å². The Hall–Kier alpha value is -2.78. The number of rotatable bonds is 3. The zero-order chi connectivity index (χ0) is 22.2. The number of amides is 1. The van der Waals surface area contributed by atoms with Gasteiger partial charge < -0.3 is 19.1 Å². The van der Waals surface area contributed by atoms with Crippen LogP contribution in [-0.2, 0) is 4.74 Å². The highest BCUT2D eigenvalue weighted by atomic mass is 19.3. The number of hydrogen-bond donors (Lipinski definition) is 0. The Bertz CT molecular complexity index is 935. The van der Waals surface area contributed by atoms with E-state index in [1.54, 1.807) is 28.3 Å². The number of likely N-dealkylation sites (tertiary alicyclic amines) is 1. The monoisotopic (exact) mass is 435 g/mol. The fourth-order valence-electron chi connectivity index (χ4n) is 3.84. The van der Waals surface area contributed by atoms with Gasteiger partial charge in [-0.3, -0.25) is 4.98 Å². The van der Waals surface area contributed by atoms with Crippen LogP contribution in [0.2, 0.25) is 0 Å². The zero-order valence-electron chi connectivity index (χ0n) is 18.0. The van der Waals surface area contributed by atoms with Crippen molar-refractivity contribution in [1.29, 1.82) is 0 Å². The molecular weight excluding hydrogens is 408 g/mol. The van der Waals surface area contributed by atoms with Gasteiger partial charge in [0.15, 0.2) is 5.82 Å². The highest BCUT2D eigenvalue weighted by Crippen LogP contribution is 2.33. The molecule has 4 rings (SSSR count). The fourth-order valence-corrected chi connectivity index (χ4v) is 3.84.